The van der Waals surface area contributed by atoms with E-state index < -0.39 is 0 Å². The van der Waals surface area contributed by atoms with E-state index >= 15 is 0 Å². The van der Waals surface area contributed by atoms with Gasteiger partial charge in [0.05, 0.1) is 5.56 Å². The Kier molecular flexibility index (Phi) is 5.05. The van der Waals surface area contributed by atoms with Crippen LogP contribution in [-0.4, -0.2) is 58.5 Å². The molecule has 1 aromatic carbocycles. The van der Waals surface area contributed by atoms with E-state index in [-0.39, 0.29) is 11.9 Å². The summed E-state index contributed by atoms with van der Waals surface area (Å²) in [5.41, 5.74) is 1.81. The van der Waals surface area contributed by atoms with E-state index in [1.165, 1.54) is 12.8 Å². The average Bonchev–Trinajstić information content (AvgIpc) is 3.22. The summed E-state index contributed by atoms with van der Waals surface area (Å²) in [4.78, 5) is 29.4. The quantitative estimate of drug-likeness (QED) is 0.886. The molecule has 1 saturated heterocycles. The molecule has 0 unspecified atom stereocenters. The van der Waals surface area contributed by atoms with Crippen LogP contribution in [0.5, 0.6) is 0 Å². The first-order valence-corrected chi connectivity index (χ1v) is 10.0. The molecule has 1 saturated carbocycles. The molecule has 1 N–H and O–H groups in total. The summed E-state index contributed by atoms with van der Waals surface area (Å²) in [6.07, 6.45) is 7.32. The van der Waals surface area contributed by atoms with Gasteiger partial charge in [0.2, 0.25) is 0 Å². The Morgan fingerprint density at radius 1 is 0.963 bits per heavy atom. The van der Waals surface area contributed by atoms with Crippen LogP contribution in [0, 0.1) is 0 Å². The number of urea groups is 1. The first kappa shape index (κ1) is 17.9. The number of hydrogen-bond donors (Lipinski definition) is 1. The molecule has 3 amide bonds. The van der Waals surface area contributed by atoms with Gasteiger partial charge in [0, 0.05) is 56.4 Å². The third kappa shape index (κ3) is 3.66. The second-order valence-corrected chi connectivity index (χ2v) is 7.73. The van der Waals surface area contributed by atoms with Crippen LogP contribution in [0.2, 0.25) is 0 Å². The highest BCUT2D eigenvalue weighted by Gasteiger charge is 2.26. The molecular weight excluding hydrogens is 340 g/mol. The highest BCUT2D eigenvalue weighted by molar-refractivity contribution is 6.07. The molecule has 144 valence electrons. The van der Waals surface area contributed by atoms with Crippen molar-refractivity contribution >= 4 is 22.8 Å². The summed E-state index contributed by atoms with van der Waals surface area (Å²) in [7, 11) is 1.97. The molecule has 1 aromatic heterocycles. The summed E-state index contributed by atoms with van der Waals surface area (Å²) < 4.78 is 2.00. The summed E-state index contributed by atoms with van der Waals surface area (Å²) in [5, 5.41) is 4.15. The number of nitrogens with one attached hydrogen (secondary N) is 1. The molecule has 27 heavy (non-hydrogen) atoms. The van der Waals surface area contributed by atoms with Crippen molar-refractivity contribution in [3.63, 3.8) is 0 Å². The zero-order valence-electron chi connectivity index (χ0n) is 16.0. The number of amides is 3. The molecule has 2 fully saturated rings. The lowest BCUT2D eigenvalue weighted by atomic mass is 10.1. The number of carbonyl (C=O) groups is 2. The number of benzene rings is 1. The smallest absolute Gasteiger partial charge is 0.317 e. The Labute approximate surface area is 160 Å². The minimum atomic E-state index is 0.0290. The number of hydrogen-bond acceptors (Lipinski definition) is 2. The van der Waals surface area contributed by atoms with Crippen LogP contribution in [0.25, 0.3) is 10.9 Å². The molecule has 0 spiro atoms. The average molecular weight is 368 g/mol. The van der Waals surface area contributed by atoms with E-state index in [1.54, 1.807) is 0 Å². The van der Waals surface area contributed by atoms with Crippen molar-refractivity contribution in [3.8, 4) is 0 Å². The zero-order chi connectivity index (χ0) is 18.8. The van der Waals surface area contributed by atoms with Crippen LogP contribution < -0.4 is 5.32 Å². The predicted molar refractivity (Wildman–Crippen MR) is 106 cm³/mol. The van der Waals surface area contributed by atoms with Crippen molar-refractivity contribution in [2.24, 2.45) is 7.05 Å². The Morgan fingerprint density at radius 3 is 2.48 bits per heavy atom. The maximum Gasteiger partial charge on any atom is 0.317 e. The van der Waals surface area contributed by atoms with Crippen molar-refractivity contribution in [2.45, 2.75) is 38.1 Å². The molecule has 1 aliphatic heterocycles. The molecule has 1 aliphatic carbocycles. The van der Waals surface area contributed by atoms with E-state index in [1.807, 2.05) is 51.9 Å². The fraction of sp³-hybridized carbons (Fsp3) is 0.524. The van der Waals surface area contributed by atoms with Crippen molar-refractivity contribution in [1.29, 1.82) is 0 Å². The van der Waals surface area contributed by atoms with Crippen molar-refractivity contribution in [3.05, 3.63) is 36.0 Å². The normalized spacial score (nSPS) is 18.7. The van der Waals surface area contributed by atoms with Gasteiger partial charge in [-0.25, -0.2) is 4.79 Å². The van der Waals surface area contributed by atoms with Crippen molar-refractivity contribution in [1.82, 2.24) is 19.7 Å². The SMILES string of the molecule is Cn1cc(C(=O)N2CCCN(C(=O)NC3CCCC3)CC2)c2ccccc21. The summed E-state index contributed by atoms with van der Waals surface area (Å²) in [6, 6.07) is 8.35. The van der Waals surface area contributed by atoms with E-state index in [2.05, 4.69) is 5.32 Å². The second kappa shape index (κ2) is 7.62. The molecule has 2 aliphatic rings. The molecule has 2 aromatic rings. The number of rotatable bonds is 2. The third-order valence-corrected chi connectivity index (χ3v) is 5.88. The lowest BCUT2D eigenvalue weighted by Gasteiger charge is -2.24. The lowest BCUT2D eigenvalue weighted by Crippen LogP contribution is -2.45. The van der Waals surface area contributed by atoms with E-state index in [4.69, 9.17) is 0 Å². The molecule has 0 bridgehead atoms. The van der Waals surface area contributed by atoms with Crippen molar-refractivity contribution in [2.75, 3.05) is 26.2 Å². The molecule has 4 rings (SSSR count). The van der Waals surface area contributed by atoms with Gasteiger partial charge in [0.1, 0.15) is 0 Å². The van der Waals surface area contributed by atoms with Gasteiger partial charge in [-0.3, -0.25) is 4.79 Å². The van der Waals surface area contributed by atoms with Gasteiger partial charge in [-0.05, 0) is 25.3 Å². The Balaban J connectivity index is 1.43. The van der Waals surface area contributed by atoms with Crippen LogP contribution in [0.4, 0.5) is 4.79 Å². The minimum Gasteiger partial charge on any atom is -0.350 e. The first-order valence-electron chi connectivity index (χ1n) is 10.0. The number of para-hydroxylation sites is 1. The van der Waals surface area contributed by atoms with Crippen LogP contribution in [-0.2, 0) is 7.05 Å². The van der Waals surface area contributed by atoms with Crippen LogP contribution >= 0.6 is 0 Å². The highest BCUT2D eigenvalue weighted by atomic mass is 16.2. The van der Waals surface area contributed by atoms with Gasteiger partial charge >= 0.3 is 6.03 Å². The fourth-order valence-corrected chi connectivity index (χ4v) is 4.34. The number of aromatic nitrogens is 1. The third-order valence-electron chi connectivity index (χ3n) is 5.88. The topological polar surface area (TPSA) is 57.6 Å². The van der Waals surface area contributed by atoms with Crippen LogP contribution in [0.15, 0.2) is 30.5 Å². The Hall–Kier alpha value is -2.50. The van der Waals surface area contributed by atoms with Gasteiger partial charge < -0.3 is 19.7 Å². The number of aryl methyl sites for hydroxylation is 1. The van der Waals surface area contributed by atoms with Crippen LogP contribution in [0.3, 0.4) is 0 Å². The minimum absolute atomic E-state index is 0.0290. The zero-order valence-corrected chi connectivity index (χ0v) is 16.0. The van der Waals surface area contributed by atoms with Crippen molar-refractivity contribution < 1.29 is 9.59 Å². The first-order chi connectivity index (χ1) is 13.1. The van der Waals surface area contributed by atoms with E-state index in [0.717, 1.165) is 35.7 Å². The van der Waals surface area contributed by atoms with E-state index in [0.29, 0.717) is 32.2 Å². The molecule has 6 nitrogen and oxygen atoms in total. The van der Waals surface area contributed by atoms with Gasteiger partial charge in [-0.1, -0.05) is 31.0 Å². The van der Waals surface area contributed by atoms with Gasteiger partial charge in [0.25, 0.3) is 5.91 Å². The standard InChI is InChI=1S/C21H28N4O2/c1-23-15-18(17-9-4-5-10-19(17)23)20(26)24-11-6-12-25(14-13-24)21(27)22-16-7-2-3-8-16/h4-5,9-10,15-16H,2-3,6-8,11-14H2,1H3,(H,22,27). The molecule has 2 heterocycles. The largest absolute Gasteiger partial charge is 0.350 e. The summed E-state index contributed by atoms with van der Waals surface area (Å²) in [6.45, 7) is 2.57. The Bertz CT molecular complexity index is 838. The van der Waals surface area contributed by atoms with Gasteiger partial charge in [-0.2, -0.15) is 0 Å². The van der Waals surface area contributed by atoms with Gasteiger partial charge in [0.15, 0.2) is 0 Å². The summed E-state index contributed by atoms with van der Waals surface area (Å²) >= 11 is 0. The number of nitrogens with zero attached hydrogens (tertiary/aromatic N) is 3. The molecular formula is C21H28N4O2. The monoisotopic (exact) mass is 368 g/mol. The lowest BCUT2D eigenvalue weighted by molar-refractivity contribution is 0.0764. The number of carbonyl (C=O) groups excluding carboxylic acids is 2. The maximum absolute atomic E-state index is 13.1. The van der Waals surface area contributed by atoms with Gasteiger partial charge in [-0.15, -0.1) is 0 Å². The molecule has 6 heteroatoms. The fourth-order valence-electron chi connectivity index (χ4n) is 4.34. The number of fused-ring (bicyclic) bond motifs is 1. The molecule has 0 radical (unpaired) electrons. The highest BCUT2D eigenvalue weighted by Crippen LogP contribution is 2.22. The Morgan fingerprint density at radius 2 is 1.67 bits per heavy atom. The predicted octanol–water partition coefficient (Wildman–Crippen LogP) is 2.98. The summed E-state index contributed by atoms with van der Waals surface area (Å²) in [5.74, 6) is 0.0600. The molecule has 0 atom stereocenters. The second-order valence-electron chi connectivity index (χ2n) is 7.73. The van der Waals surface area contributed by atoms with Crippen LogP contribution in [0.1, 0.15) is 42.5 Å². The maximum atomic E-state index is 13.1. The van der Waals surface area contributed by atoms with E-state index in [9.17, 15) is 9.59 Å².